The topological polar surface area (TPSA) is 75.6 Å². The summed E-state index contributed by atoms with van der Waals surface area (Å²) in [6.07, 6.45) is 2.38. The van der Waals surface area contributed by atoms with Crippen LogP contribution in [0.2, 0.25) is 0 Å². The molecule has 22 heavy (non-hydrogen) atoms. The van der Waals surface area contributed by atoms with Gasteiger partial charge in [-0.15, -0.1) is 0 Å². The highest BCUT2D eigenvalue weighted by molar-refractivity contribution is 5.88. The molecule has 0 atom stereocenters. The number of benzene rings is 1. The summed E-state index contributed by atoms with van der Waals surface area (Å²) in [5.41, 5.74) is -0.576. The first-order chi connectivity index (χ1) is 10.4. The van der Waals surface area contributed by atoms with E-state index >= 15 is 0 Å². The fourth-order valence-electron chi connectivity index (χ4n) is 2.66. The van der Waals surface area contributed by atoms with Gasteiger partial charge < -0.3 is 15.2 Å². The van der Waals surface area contributed by atoms with Crippen LogP contribution in [0, 0.1) is 0 Å². The van der Waals surface area contributed by atoms with E-state index in [-0.39, 0.29) is 12.2 Å². The molecule has 1 aromatic carbocycles. The van der Waals surface area contributed by atoms with Crippen LogP contribution < -0.4 is 10.1 Å². The predicted molar refractivity (Wildman–Crippen MR) is 73.8 cm³/mol. The number of alkyl halides is 2. The average molecular weight is 313 g/mol. The lowest BCUT2D eigenvalue weighted by atomic mass is 9.97. The van der Waals surface area contributed by atoms with Gasteiger partial charge in [-0.3, -0.25) is 4.79 Å². The van der Waals surface area contributed by atoms with Gasteiger partial charge in [-0.25, -0.2) is 4.79 Å². The van der Waals surface area contributed by atoms with E-state index in [9.17, 15) is 23.5 Å². The first kappa shape index (κ1) is 16.2. The molecule has 1 aliphatic rings. The lowest BCUT2D eigenvalue weighted by Crippen LogP contribution is -2.52. The highest BCUT2D eigenvalue weighted by Crippen LogP contribution is 2.30. The molecule has 7 heteroatoms. The Morgan fingerprint density at radius 3 is 2.32 bits per heavy atom. The second-order valence-corrected chi connectivity index (χ2v) is 5.34. The Morgan fingerprint density at radius 2 is 1.82 bits per heavy atom. The Morgan fingerprint density at radius 1 is 1.23 bits per heavy atom. The number of rotatable bonds is 6. The molecule has 0 unspecified atom stereocenters. The van der Waals surface area contributed by atoms with Gasteiger partial charge in [-0.1, -0.05) is 25.0 Å². The quantitative estimate of drug-likeness (QED) is 0.845. The minimum absolute atomic E-state index is 0.00993. The van der Waals surface area contributed by atoms with Gasteiger partial charge >= 0.3 is 12.6 Å². The number of carboxylic acids is 1. The van der Waals surface area contributed by atoms with Crippen molar-refractivity contribution in [2.24, 2.45) is 0 Å². The summed E-state index contributed by atoms with van der Waals surface area (Å²) in [5.74, 6) is -1.40. The van der Waals surface area contributed by atoms with Crippen LogP contribution in [0.3, 0.4) is 0 Å². The summed E-state index contributed by atoms with van der Waals surface area (Å²) in [6, 6.07) is 5.69. The van der Waals surface area contributed by atoms with E-state index in [4.69, 9.17) is 0 Å². The normalized spacial score (nSPS) is 16.5. The number of carbonyl (C=O) groups is 2. The zero-order valence-corrected chi connectivity index (χ0v) is 11.9. The molecule has 120 valence electrons. The number of ether oxygens (including phenoxy) is 1. The number of aliphatic carboxylic acids is 1. The van der Waals surface area contributed by atoms with Gasteiger partial charge in [0, 0.05) is 0 Å². The maximum atomic E-state index is 12.0. The van der Waals surface area contributed by atoms with Crippen LogP contribution in [0.4, 0.5) is 8.78 Å². The molecule has 5 nitrogen and oxygen atoms in total. The molecule has 0 spiro atoms. The Kier molecular flexibility index (Phi) is 4.95. The van der Waals surface area contributed by atoms with Gasteiger partial charge in [0.25, 0.3) is 0 Å². The van der Waals surface area contributed by atoms with E-state index in [1.165, 1.54) is 24.3 Å². The molecule has 2 N–H and O–H groups in total. The number of nitrogens with one attached hydrogen (secondary N) is 1. The van der Waals surface area contributed by atoms with Gasteiger partial charge in [0.2, 0.25) is 5.91 Å². The Labute approximate surface area is 126 Å². The highest BCUT2D eigenvalue weighted by atomic mass is 19.3. The predicted octanol–water partition coefficient (Wildman–Crippen LogP) is 2.34. The molecule has 1 aliphatic carbocycles. The number of amides is 1. The molecular formula is C15H17F2NO4. The number of carbonyl (C=O) groups excluding carboxylic acids is 1. The van der Waals surface area contributed by atoms with Crippen molar-refractivity contribution in [3.8, 4) is 5.75 Å². The summed E-state index contributed by atoms with van der Waals surface area (Å²) in [4.78, 5) is 23.4. The van der Waals surface area contributed by atoms with Gasteiger partial charge in [0.15, 0.2) is 0 Å². The second-order valence-electron chi connectivity index (χ2n) is 5.34. The molecular weight excluding hydrogens is 296 g/mol. The summed E-state index contributed by atoms with van der Waals surface area (Å²) in [5, 5.41) is 11.9. The monoisotopic (exact) mass is 313 g/mol. The second kappa shape index (κ2) is 6.72. The molecule has 0 bridgehead atoms. The molecule has 1 saturated carbocycles. The molecule has 0 radical (unpaired) electrons. The van der Waals surface area contributed by atoms with Crippen LogP contribution in [-0.2, 0) is 16.0 Å². The smallest absolute Gasteiger partial charge is 0.387 e. The maximum absolute atomic E-state index is 12.0. The van der Waals surface area contributed by atoms with E-state index in [0.717, 1.165) is 12.8 Å². The summed E-state index contributed by atoms with van der Waals surface area (Å²) in [7, 11) is 0. The molecule has 1 aromatic rings. The van der Waals surface area contributed by atoms with Crippen molar-refractivity contribution in [2.75, 3.05) is 0 Å². The van der Waals surface area contributed by atoms with Crippen LogP contribution in [0.25, 0.3) is 0 Å². The fourth-order valence-corrected chi connectivity index (χ4v) is 2.66. The summed E-state index contributed by atoms with van der Waals surface area (Å²) < 4.78 is 28.3. The third kappa shape index (κ3) is 3.93. The highest BCUT2D eigenvalue weighted by Gasteiger charge is 2.42. The number of carboxylic acid groups (broad SMARTS) is 1. The van der Waals surface area contributed by atoms with Crippen molar-refractivity contribution in [1.82, 2.24) is 5.32 Å². The van der Waals surface area contributed by atoms with Crippen molar-refractivity contribution >= 4 is 11.9 Å². The van der Waals surface area contributed by atoms with E-state index < -0.39 is 24.0 Å². The van der Waals surface area contributed by atoms with Gasteiger partial charge in [0.05, 0.1) is 6.42 Å². The first-order valence-electron chi connectivity index (χ1n) is 6.99. The largest absolute Gasteiger partial charge is 0.480 e. The molecule has 1 fully saturated rings. The molecule has 0 aliphatic heterocycles. The molecule has 0 saturated heterocycles. The summed E-state index contributed by atoms with van der Waals surface area (Å²) >= 11 is 0. The molecule has 2 rings (SSSR count). The average Bonchev–Trinajstić information content (AvgIpc) is 2.90. The van der Waals surface area contributed by atoms with Crippen molar-refractivity contribution in [1.29, 1.82) is 0 Å². The minimum Gasteiger partial charge on any atom is -0.480 e. The Balaban J connectivity index is 1.95. The van der Waals surface area contributed by atoms with Crippen molar-refractivity contribution < 1.29 is 28.2 Å². The van der Waals surface area contributed by atoms with Gasteiger partial charge in [-0.05, 0) is 30.5 Å². The maximum Gasteiger partial charge on any atom is 0.387 e. The van der Waals surface area contributed by atoms with Crippen LogP contribution >= 0.6 is 0 Å². The lowest BCUT2D eigenvalue weighted by Gasteiger charge is -2.25. The minimum atomic E-state index is -2.90. The third-order valence-electron chi connectivity index (χ3n) is 3.76. The SMILES string of the molecule is O=C(Cc1ccc(OC(F)F)cc1)NC1(C(=O)O)CCCC1. The molecule has 1 amide bonds. The number of hydrogen-bond acceptors (Lipinski definition) is 3. The molecule has 0 heterocycles. The standard InChI is InChI=1S/C15H17F2NO4/c16-14(17)22-11-5-3-10(4-6-11)9-12(19)18-15(13(20)21)7-1-2-8-15/h3-6,14H,1-2,7-9H2,(H,18,19)(H,20,21). The van der Waals surface area contributed by atoms with Crippen LogP contribution in [0.1, 0.15) is 31.2 Å². The van der Waals surface area contributed by atoms with Crippen molar-refractivity contribution in [3.63, 3.8) is 0 Å². The molecule has 0 aromatic heterocycles. The lowest BCUT2D eigenvalue weighted by molar-refractivity contribution is -0.147. The van der Waals surface area contributed by atoms with Crippen LogP contribution in [-0.4, -0.2) is 29.1 Å². The Hall–Kier alpha value is -2.18. The van der Waals surface area contributed by atoms with Crippen molar-refractivity contribution in [3.05, 3.63) is 29.8 Å². The van der Waals surface area contributed by atoms with E-state index in [1.807, 2.05) is 0 Å². The van der Waals surface area contributed by atoms with Gasteiger partial charge in [-0.2, -0.15) is 8.78 Å². The number of halogens is 2. The first-order valence-corrected chi connectivity index (χ1v) is 6.99. The zero-order chi connectivity index (χ0) is 16.2. The van der Waals surface area contributed by atoms with E-state index in [2.05, 4.69) is 10.1 Å². The van der Waals surface area contributed by atoms with E-state index in [0.29, 0.717) is 18.4 Å². The zero-order valence-electron chi connectivity index (χ0n) is 11.9. The Bertz CT molecular complexity index is 539. The summed E-state index contributed by atoms with van der Waals surface area (Å²) in [6.45, 7) is -2.90. The van der Waals surface area contributed by atoms with Crippen molar-refractivity contribution in [2.45, 2.75) is 44.3 Å². The third-order valence-corrected chi connectivity index (χ3v) is 3.76. The van der Waals surface area contributed by atoms with Crippen LogP contribution in [0.15, 0.2) is 24.3 Å². The van der Waals surface area contributed by atoms with Crippen LogP contribution in [0.5, 0.6) is 5.75 Å². The van der Waals surface area contributed by atoms with Gasteiger partial charge in [0.1, 0.15) is 11.3 Å². The van der Waals surface area contributed by atoms with E-state index in [1.54, 1.807) is 0 Å². The fraction of sp³-hybridized carbons (Fsp3) is 0.467. The number of hydrogen-bond donors (Lipinski definition) is 2.